The molecule has 0 radical (unpaired) electrons. The molecule has 7 nitrogen and oxygen atoms in total. The highest BCUT2D eigenvalue weighted by Gasteiger charge is 2.49. The zero-order valence-electron chi connectivity index (χ0n) is 20.0. The number of carbonyl (C=O) groups is 2. The van der Waals surface area contributed by atoms with E-state index in [9.17, 15) is 22.8 Å². The summed E-state index contributed by atoms with van der Waals surface area (Å²) in [6.07, 6.45) is -1.29. The number of para-hydroxylation sites is 1. The minimum absolute atomic E-state index is 0.0200. The molecule has 5 rings (SSSR count). The summed E-state index contributed by atoms with van der Waals surface area (Å²) in [6, 6.07) is 9.67. The van der Waals surface area contributed by atoms with E-state index in [-0.39, 0.29) is 24.5 Å². The molecular weight excluding hydrogens is 507 g/mol. The lowest BCUT2D eigenvalue weighted by Crippen LogP contribution is -2.52. The molecule has 2 aliphatic heterocycles. The number of fused-ring (bicyclic) bond motifs is 2. The summed E-state index contributed by atoms with van der Waals surface area (Å²) < 4.78 is 40.7. The van der Waals surface area contributed by atoms with E-state index in [1.807, 2.05) is 17.0 Å². The molecule has 2 amide bonds. The maximum Gasteiger partial charge on any atom is 0.416 e. The van der Waals surface area contributed by atoms with Gasteiger partial charge >= 0.3 is 6.18 Å². The van der Waals surface area contributed by atoms with Crippen LogP contribution in [-0.2, 0) is 22.3 Å². The van der Waals surface area contributed by atoms with Crippen LogP contribution in [-0.4, -0.2) is 41.4 Å². The first-order valence-electron chi connectivity index (χ1n) is 11.6. The van der Waals surface area contributed by atoms with Crippen molar-refractivity contribution in [3.8, 4) is 0 Å². The zero-order valence-corrected chi connectivity index (χ0v) is 20.8. The van der Waals surface area contributed by atoms with Gasteiger partial charge in [0.25, 0.3) is 0 Å². The quantitative estimate of drug-likeness (QED) is 0.484. The molecule has 1 aromatic carbocycles. The average molecular weight is 530 g/mol. The standard InChI is InChI=1S/C26H23ClF3N5O2/c1-15-10-18(26(28,29)30)12-21(32-15)35-22(36)11-17-14-34(13-16-6-8-31-9-7-16)24-19(27)4-3-5-20(24)33(2)25(37)23(17)35/h3-10,12,17,23H,11,13-14H2,1-2H3/t17-,23+/m1/s1. The van der Waals surface area contributed by atoms with Crippen molar-refractivity contribution >= 4 is 40.6 Å². The van der Waals surface area contributed by atoms with E-state index in [1.165, 1.54) is 11.8 Å². The van der Waals surface area contributed by atoms with Gasteiger partial charge < -0.3 is 9.80 Å². The maximum atomic E-state index is 13.8. The number of halogens is 4. The number of anilines is 3. The molecule has 192 valence electrons. The van der Waals surface area contributed by atoms with Crippen molar-refractivity contribution in [3.63, 3.8) is 0 Å². The Morgan fingerprint density at radius 3 is 2.54 bits per heavy atom. The number of benzene rings is 1. The number of pyridine rings is 2. The Balaban J connectivity index is 1.61. The fourth-order valence-electron chi connectivity index (χ4n) is 5.12. The minimum atomic E-state index is -4.62. The van der Waals surface area contributed by atoms with Crippen LogP contribution in [0.1, 0.15) is 23.2 Å². The van der Waals surface area contributed by atoms with E-state index in [0.717, 1.165) is 22.6 Å². The monoisotopic (exact) mass is 529 g/mol. The number of likely N-dealkylation sites (N-methyl/N-ethyl adjacent to an activating group) is 1. The molecular formula is C26H23ClF3N5O2. The molecule has 0 spiro atoms. The number of aromatic nitrogens is 2. The lowest BCUT2D eigenvalue weighted by molar-refractivity contribution is -0.137. The topological polar surface area (TPSA) is 69.6 Å². The lowest BCUT2D eigenvalue weighted by atomic mass is 9.95. The Kier molecular flexibility index (Phi) is 6.31. The smallest absolute Gasteiger partial charge is 0.364 e. The number of nitrogens with zero attached hydrogens (tertiary/aromatic N) is 5. The van der Waals surface area contributed by atoms with E-state index in [2.05, 4.69) is 9.97 Å². The van der Waals surface area contributed by atoms with Crippen LogP contribution in [0.5, 0.6) is 0 Å². The second kappa shape index (κ2) is 9.33. The molecule has 1 fully saturated rings. The van der Waals surface area contributed by atoms with Gasteiger partial charge in [-0.05, 0) is 48.9 Å². The average Bonchev–Trinajstić information content (AvgIpc) is 3.17. The van der Waals surface area contributed by atoms with Crippen LogP contribution in [0, 0.1) is 12.8 Å². The SMILES string of the molecule is Cc1cc(C(F)(F)F)cc(N2C(=O)C[C@@H]3CN(Cc4ccncc4)c4c(Cl)cccc4N(C)C(=O)[C@H]32)n1. The van der Waals surface area contributed by atoms with Crippen LogP contribution in [0.2, 0.25) is 5.02 Å². The number of aryl methyl sites for hydroxylation is 1. The molecule has 2 aliphatic rings. The summed E-state index contributed by atoms with van der Waals surface area (Å²) in [6.45, 7) is 2.14. The molecule has 37 heavy (non-hydrogen) atoms. The van der Waals surface area contributed by atoms with Crippen LogP contribution in [0.15, 0.2) is 54.9 Å². The lowest BCUT2D eigenvalue weighted by Gasteiger charge is -2.39. The predicted octanol–water partition coefficient (Wildman–Crippen LogP) is 4.86. The first-order chi connectivity index (χ1) is 17.5. The summed E-state index contributed by atoms with van der Waals surface area (Å²) in [5, 5.41) is 0.445. The summed E-state index contributed by atoms with van der Waals surface area (Å²) in [7, 11) is 1.58. The van der Waals surface area contributed by atoms with Gasteiger partial charge in [-0.1, -0.05) is 17.7 Å². The second-order valence-corrected chi connectivity index (χ2v) is 9.67. The number of rotatable bonds is 3. The fourth-order valence-corrected chi connectivity index (χ4v) is 5.41. The Morgan fingerprint density at radius 1 is 1.11 bits per heavy atom. The Morgan fingerprint density at radius 2 is 1.84 bits per heavy atom. The van der Waals surface area contributed by atoms with Gasteiger partial charge in [-0.3, -0.25) is 19.5 Å². The van der Waals surface area contributed by atoms with Crippen molar-refractivity contribution in [1.29, 1.82) is 0 Å². The van der Waals surface area contributed by atoms with Crippen molar-refractivity contribution in [3.05, 3.63) is 76.7 Å². The summed E-state index contributed by atoms with van der Waals surface area (Å²) in [5.41, 5.74) is 1.31. The van der Waals surface area contributed by atoms with Gasteiger partial charge in [0.05, 0.1) is 22.0 Å². The maximum absolute atomic E-state index is 13.8. The van der Waals surface area contributed by atoms with Gasteiger partial charge in [0.1, 0.15) is 11.9 Å². The summed E-state index contributed by atoms with van der Waals surface area (Å²) in [5.74, 6) is -1.56. The fraction of sp³-hybridized carbons (Fsp3) is 0.308. The van der Waals surface area contributed by atoms with Crippen LogP contribution in [0.25, 0.3) is 0 Å². The Labute approximate surface area is 216 Å². The highest BCUT2D eigenvalue weighted by Crippen LogP contribution is 2.43. The van der Waals surface area contributed by atoms with Crippen LogP contribution < -0.4 is 14.7 Å². The van der Waals surface area contributed by atoms with E-state index in [1.54, 1.807) is 37.6 Å². The third kappa shape index (κ3) is 4.61. The Bertz CT molecular complexity index is 1370. The van der Waals surface area contributed by atoms with Crippen molar-refractivity contribution in [1.82, 2.24) is 9.97 Å². The van der Waals surface area contributed by atoms with Gasteiger partial charge in [-0.25, -0.2) is 4.98 Å². The number of hydrogen-bond donors (Lipinski definition) is 0. The van der Waals surface area contributed by atoms with Gasteiger partial charge in [0.15, 0.2) is 0 Å². The number of carbonyl (C=O) groups excluding carboxylic acids is 2. The van der Waals surface area contributed by atoms with E-state index < -0.39 is 35.5 Å². The zero-order chi connectivity index (χ0) is 26.5. The van der Waals surface area contributed by atoms with Gasteiger partial charge in [-0.15, -0.1) is 0 Å². The number of hydrogen-bond acceptors (Lipinski definition) is 5. The molecule has 0 N–H and O–H groups in total. The van der Waals surface area contributed by atoms with Gasteiger partial charge in [-0.2, -0.15) is 13.2 Å². The predicted molar refractivity (Wildman–Crippen MR) is 134 cm³/mol. The summed E-state index contributed by atoms with van der Waals surface area (Å²) >= 11 is 6.63. The third-order valence-electron chi connectivity index (χ3n) is 6.75. The molecule has 0 saturated carbocycles. The highest BCUT2D eigenvalue weighted by atomic mass is 35.5. The van der Waals surface area contributed by atoms with E-state index >= 15 is 0 Å². The van der Waals surface area contributed by atoms with Gasteiger partial charge in [0.2, 0.25) is 11.8 Å². The Hall–Kier alpha value is -3.66. The molecule has 3 aromatic rings. The normalized spacial score (nSPS) is 20.0. The number of alkyl halides is 3. The molecule has 2 atom stereocenters. The van der Waals surface area contributed by atoms with Crippen molar-refractivity contribution in [2.24, 2.45) is 5.92 Å². The van der Waals surface area contributed by atoms with Crippen molar-refractivity contribution in [2.45, 2.75) is 32.1 Å². The minimum Gasteiger partial charge on any atom is -0.364 e. The molecule has 11 heteroatoms. The second-order valence-electron chi connectivity index (χ2n) is 9.27. The molecule has 0 unspecified atom stereocenters. The third-order valence-corrected chi connectivity index (χ3v) is 7.05. The molecule has 0 bridgehead atoms. The van der Waals surface area contributed by atoms with Crippen LogP contribution in [0.3, 0.4) is 0 Å². The van der Waals surface area contributed by atoms with Gasteiger partial charge in [0, 0.05) is 50.6 Å². The molecule has 0 aliphatic carbocycles. The van der Waals surface area contributed by atoms with E-state index in [0.29, 0.717) is 22.9 Å². The highest BCUT2D eigenvalue weighted by molar-refractivity contribution is 6.34. The molecule has 2 aromatic heterocycles. The molecule has 4 heterocycles. The first kappa shape index (κ1) is 25.0. The summed E-state index contributed by atoms with van der Waals surface area (Å²) in [4.78, 5) is 39.9. The largest absolute Gasteiger partial charge is 0.416 e. The van der Waals surface area contributed by atoms with Crippen molar-refractivity contribution in [2.75, 3.05) is 28.3 Å². The van der Waals surface area contributed by atoms with Crippen LogP contribution in [0.4, 0.5) is 30.4 Å². The molecule has 1 saturated heterocycles. The number of amides is 2. The first-order valence-corrected chi connectivity index (χ1v) is 12.0. The van der Waals surface area contributed by atoms with Crippen molar-refractivity contribution < 1.29 is 22.8 Å². The van der Waals surface area contributed by atoms with E-state index in [4.69, 9.17) is 11.6 Å². The van der Waals surface area contributed by atoms with Crippen LogP contribution >= 0.6 is 11.6 Å².